The normalized spacial score (nSPS) is 16.8. The van der Waals surface area contributed by atoms with E-state index in [4.69, 9.17) is 0 Å². The first kappa shape index (κ1) is 13.0. The monoisotopic (exact) mass is 253 g/mol. The zero-order valence-electron chi connectivity index (χ0n) is 10.8. The summed E-state index contributed by atoms with van der Waals surface area (Å²) in [6.07, 6.45) is 3.32. The zero-order valence-corrected chi connectivity index (χ0v) is 10.8. The molecule has 0 saturated heterocycles. The molecular weight excluding hydrogens is 234 g/mol. The highest BCUT2D eigenvalue weighted by atomic mass is 16.6. The van der Waals surface area contributed by atoms with Gasteiger partial charge in [-0.1, -0.05) is 13.3 Å². The Morgan fingerprint density at radius 3 is 2.78 bits per heavy atom. The Morgan fingerprint density at radius 2 is 2.28 bits per heavy atom. The molecular formula is C12H19N3O3. The second kappa shape index (κ2) is 5.06. The fourth-order valence-electron chi connectivity index (χ4n) is 2.30. The second-order valence-corrected chi connectivity index (χ2v) is 4.98. The lowest BCUT2D eigenvalue weighted by atomic mass is 10.1. The van der Waals surface area contributed by atoms with Gasteiger partial charge in [-0.2, -0.15) is 5.10 Å². The van der Waals surface area contributed by atoms with Crippen molar-refractivity contribution in [3.05, 3.63) is 21.5 Å². The van der Waals surface area contributed by atoms with Crippen LogP contribution in [-0.2, 0) is 19.9 Å². The van der Waals surface area contributed by atoms with Crippen molar-refractivity contribution < 1.29 is 10.0 Å². The molecule has 1 aliphatic rings. The molecule has 0 amide bonds. The highest BCUT2D eigenvalue weighted by molar-refractivity contribution is 5.41. The van der Waals surface area contributed by atoms with E-state index in [0.29, 0.717) is 30.1 Å². The first-order valence-electron chi connectivity index (χ1n) is 6.41. The number of aryl methyl sites for hydroxylation is 2. The fourth-order valence-corrected chi connectivity index (χ4v) is 2.30. The Labute approximate surface area is 106 Å². The standard InChI is InChI=1S/C12H19N3O3/c1-3-4-9-12(15(17)18)10(14(2)13-9)7-11(16)8-5-6-8/h8,11,16H,3-7H2,1-2H3. The van der Waals surface area contributed by atoms with Crippen LogP contribution in [0.3, 0.4) is 0 Å². The SMILES string of the molecule is CCCc1nn(C)c(CC(O)C2CC2)c1[N+](=O)[O-]. The number of hydrogen-bond donors (Lipinski definition) is 1. The third-order valence-corrected chi connectivity index (χ3v) is 3.45. The Hall–Kier alpha value is -1.43. The van der Waals surface area contributed by atoms with Gasteiger partial charge in [0, 0.05) is 13.5 Å². The number of hydrogen-bond acceptors (Lipinski definition) is 4. The smallest absolute Gasteiger partial charge is 0.313 e. The van der Waals surface area contributed by atoms with Gasteiger partial charge in [0.25, 0.3) is 0 Å². The van der Waals surface area contributed by atoms with Crippen molar-refractivity contribution in [2.24, 2.45) is 13.0 Å². The zero-order chi connectivity index (χ0) is 13.3. The predicted molar refractivity (Wildman–Crippen MR) is 66.3 cm³/mol. The highest BCUT2D eigenvalue weighted by Gasteiger charge is 2.34. The van der Waals surface area contributed by atoms with E-state index in [1.807, 2.05) is 6.92 Å². The van der Waals surface area contributed by atoms with Crippen molar-refractivity contribution in [3.63, 3.8) is 0 Å². The van der Waals surface area contributed by atoms with Gasteiger partial charge in [0.1, 0.15) is 11.4 Å². The largest absolute Gasteiger partial charge is 0.392 e. The Bertz CT molecular complexity index is 452. The molecule has 6 heteroatoms. The van der Waals surface area contributed by atoms with Crippen molar-refractivity contribution in [2.75, 3.05) is 0 Å². The summed E-state index contributed by atoms with van der Waals surface area (Å²) in [7, 11) is 1.71. The van der Waals surface area contributed by atoms with Crippen molar-refractivity contribution >= 4 is 5.69 Å². The van der Waals surface area contributed by atoms with Crippen molar-refractivity contribution in [2.45, 2.75) is 45.1 Å². The Kier molecular flexibility index (Phi) is 3.65. The summed E-state index contributed by atoms with van der Waals surface area (Å²) in [4.78, 5) is 10.8. The van der Waals surface area contributed by atoms with Crippen LogP contribution in [0.25, 0.3) is 0 Å². The number of aliphatic hydroxyl groups is 1. The molecule has 1 aromatic rings. The molecule has 1 unspecified atom stereocenters. The number of aliphatic hydroxyl groups excluding tert-OH is 1. The van der Waals surface area contributed by atoms with Crippen LogP contribution < -0.4 is 0 Å². The molecule has 1 fully saturated rings. The van der Waals surface area contributed by atoms with Gasteiger partial charge in [-0.15, -0.1) is 0 Å². The summed E-state index contributed by atoms with van der Waals surface area (Å²) in [5, 5.41) is 25.3. The quantitative estimate of drug-likeness (QED) is 0.616. The van der Waals surface area contributed by atoms with E-state index >= 15 is 0 Å². The number of rotatable bonds is 6. The van der Waals surface area contributed by atoms with E-state index in [-0.39, 0.29) is 10.6 Å². The molecule has 1 aromatic heterocycles. The number of nitrogens with zero attached hydrogens (tertiary/aromatic N) is 3. The van der Waals surface area contributed by atoms with Gasteiger partial charge in [-0.25, -0.2) is 0 Å². The van der Waals surface area contributed by atoms with Gasteiger partial charge < -0.3 is 5.11 Å². The van der Waals surface area contributed by atoms with E-state index in [2.05, 4.69) is 5.10 Å². The van der Waals surface area contributed by atoms with Crippen LogP contribution >= 0.6 is 0 Å². The molecule has 0 spiro atoms. The molecule has 0 aliphatic heterocycles. The van der Waals surface area contributed by atoms with Crippen LogP contribution in [0.4, 0.5) is 5.69 Å². The van der Waals surface area contributed by atoms with Gasteiger partial charge in [-0.3, -0.25) is 14.8 Å². The highest BCUT2D eigenvalue weighted by Crippen LogP contribution is 2.35. The average molecular weight is 253 g/mol. The minimum atomic E-state index is -0.478. The first-order valence-corrected chi connectivity index (χ1v) is 6.41. The lowest BCUT2D eigenvalue weighted by molar-refractivity contribution is -0.386. The van der Waals surface area contributed by atoms with E-state index in [9.17, 15) is 15.2 Å². The van der Waals surface area contributed by atoms with Crippen molar-refractivity contribution in [3.8, 4) is 0 Å². The molecule has 1 aliphatic carbocycles. The number of nitro groups is 1. The Balaban J connectivity index is 2.28. The fraction of sp³-hybridized carbons (Fsp3) is 0.750. The van der Waals surface area contributed by atoms with Gasteiger partial charge in [-0.05, 0) is 25.2 Å². The summed E-state index contributed by atoms with van der Waals surface area (Å²) in [5.41, 5.74) is 1.17. The minimum absolute atomic E-state index is 0.0963. The molecule has 1 heterocycles. The summed E-state index contributed by atoms with van der Waals surface area (Å²) in [6.45, 7) is 1.97. The van der Waals surface area contributed by atoms with Crippen LogP contribution in [0.1, 0.15) is 37.6 Å². The maximum absolute atomic E-state index is 11.2. The van der Waals surface area contributed by atoms with E-state index in [1.165, 1.54) is 0 Å². The van der Waals surface area contributed by atoms with Gasteiger partial charge in [0.15, 0.2) is 0 Å². The van der Waals surface area contributed by atoms with Crippen LogP contribution in [0.15, 0.2) is 0 Å². The summed E-state index contributed by atoms with van der Waals surface area (Å²) in [5.74, 6) is 0.314. The molecule has 100 valence electrons. The average Bonchev–Trinajstić information content (AvgIpc) is 3.07. The molecule has 1 atom stereocenters. The van der Waals surface area contributed by atoms with E-state index in [1.54, 1.807) is 11.7 Å². The van der Waals surface area contributed by atoms with Crippen molar-refractivity contribution in [1.82, 2.24) is 9.78 Å². The second-order valence-electron chi connectivity index (χ2n) is 4.98. The maximum Gasteiger partial charge on any atom is 0.313 e. The summed E-state index contributed by atoms with van der Waals surface area (Å²) in [6, 6.07) is 0. The van der Waals surface area contributed by atoms with E-state index < -0.39 is 6.10 Å². The third kappa shape index (κ3) is 2.53. The van der Waals surface area contributed by atoms with Crippen LogP contribution in [0.2, 0.25) is 0 Å². The molecule has 2 rings (SSSR count). The summed E-state index contributed by atoms with van der Waals surface area (Å²) < 4.78 is 1.55. The molecule has 18 heavy (non-hydrogen) atoms. The molecule has 1 saturated carbocycles. The molecule has 0 bridgehead atoms. The topological polar surface area (TPSA) is 81.2 Å². The van der Waals surface area contributed by atoms with Gasteiger partial charge >= 0.3 is 5.69 Å². The van der Waals surface area contributed by atoms with Gasteiger partial charge in [0.05, 0.1) is 11.0 Å². The van der Waals surface area contributed by atoms with Crippen LogP contribution in [0.5, 0.6) is 0 Å². The lowest BCUT2D eigenvalue weighted by Crippen LogP contribution is -2.16. The molecule has 0 aromatic carbocycles. The first-order chi connectivity index (χ1) is 8.54. The summed E-state index contributed by atoms with van der Waals surface area (Å²) >= 11 is 0. The maximum atomic E-state index is 11.2. The van der Waals surface area contributed by atoms with Gasteiger partial charge in [0.2, 0.25) is 0 Å². The minimum Gasteiger partial charge on any atom is -0.392 e. The molecule has 0 radical (unpaired) electrons. The molecule has 1 N–H and O–H groups in total. The van der Waals surface area contributed by atoms with Crippen LogP contribution in [0, 0.1) is 16.0 Å². The van der Waals surface area contributed by atoms with E-state index in [0.717, 1.165) is 19.3 Å². The predicted octanol–water partition coefficient (Wildman–Crippen LogP) is 1.59. The van der Waals surface area contributed by atoms with Crippen LogP contribution in [-0.4, -0.2) is 25.9 Å². The Morgan fingerprint density at radius 1 is 1.61 bits per heavy atom. The molecule has 6 nitrogen and oxygen atoms in total. The van der Waals surface area contributed by atoms with Crippen molar-refractivity contribution in [1.29, 1.82) is 0 Å². The number of aromatic nitrogens is 2. The lowest BCUT2D eigenvalue weighted by Gasteiger charge is -2.08. The third-order valence-electron chi connectivity index (χ3n) is 3.45.